The van der Waals surface area contributed by atoms with Crippen molar-refractivity contribution in [2.45, 2.75) is 4.90 Å². The first kappa shape index (κ1) is 9.08. The minimum Gasteiger partial charge on any atom is -0.366 e. The lowest BCUT2D eigenvalue weighted by Crippen LogP contribution is -1.94. The third-order valence-corrected chi connectivity index (χ3v) is 2.40. The summed E-state index contributed by atoms with van der Waals surface area (Å²) in [6.45, 7) is 0. The van der Waals surface area contributed by atoms with E-state index in [1.54, 1.807) is 24.2 Å². The van der Waals surface area contributed by atoms with Crippen LogP contribution in [0.1, 0.15) is 0 Å². The van der Waals surface area contributed by atoms with Crippen LogP contribution in [-0.4, -0.2) is 21.2 Å². The number of nitrogens with one attached hydrogen (secondary N) is 2. The fourth-order valence-electron chi connectivity index (χ4n) is 1.02. The number of rotatable bonds is 3. The van der Waals surface area contributed by atoms with Gasteiger partial charge in [0, 0.05) is 29.7 Å². The normalized spacial score (nSPS) is 10.1. The van der Waals surface area contributed by atoms with Crippen LogP contribution in [0.25, 0.3) is 0 Å². The van der Waals surface area contributed by atoms with Crippen molar-refractivity contribution in [3.8, 4) is 0 Å². The highest BCUT2D eigenvalue weighted by Gasteiger charge is 1.97. The van der Waals surface area contributed by atoms with Crippen molar-refractivity contribution in [2.75, 3.05) is 11.6 Å². The number of H-pyrrole nitrogens is 1. The Hall–Kier alpha value is -1.49. The average molecular weight is 206 g/mol. The van der Waals surface area contributed by atoms with Crippen LogP contribution >= 0.6 is 11.8 Å². The largest absolute Gasteiger partial charge is 0.366 e. The maximum absolute atomic E-state index is 4.17. The lowest BCUT2D eigenvalue weighted by atomic mass is 10.5. The highest BCUT2D eigenvalue weighted by Crippen LogP contribution is 2.14. The number of aromatic nitrogens is 3. The predicted octanol–water partition coefficient (Wildman–Crippen LogP) is 2.27. The van der Waals surface area contributed by atoms with Gasteiger partial charge in [-0.05, 0) is 12.3 Å². The molecule has 14 heavy (non-hydrogen) atoms. The fourth-order valence-corrected chi connectivity index (χ4v) is 1.33. The number of nitrogens with zero attached hydrogens (tertiary/aromatic N) is 2. The quantitative estimate of drug-likeness (QED) is 0.756. The molecule has 72 valence electrons. The van der Waals surface area contributed by atoms with Crippen molar-refractivity contribution in [2.24, 2.45) is 0 Å². The second-order valence-corrected chi connectivity index (χ2v) is 3.55. The van der Waals surface area contributed by atoms with Crippen LogP contribution in [0.3, 0.4) is 0 Å². The number of hydrogen-bond acceptors (Lipinski definition) is 4. The summed E-state index contributed by atoms with van der Waals surface area (Å²) in [6.07, 6.45) is 9.29. The Morgan fingerprint density at radius 1 is 1.36 bits per heavy atom. The van der Waals surface area contributed by atoms with E-state index in [1.807, 2.05) is 24.7 Å². The Morgan fingerprint density at radius 2 is 2.14 bits per heavy atom. The fraction of sp³-hybridized carbons (Fsp3) is 0.111. The standard InChI is InChI=1S/C9H10N4S/c1-14-8-5-11-9(12-6-8)13-7-2-3-10-4-7/h2-6,10H,1H3,(H,11,12,13). The van der Waals surface area contributed by atoms with Crippen LogP contribution in [0.15, 0.2) is 35.7 Å². The molecule has 0 saturated heterocycles. The number of anilines is 2. The molecule has 2 rings (SSSR count). The van der Waals surface area contributed by atoms with Gasteiger partial charge in [-0.15, -0.1) is 11.8 Å². The maximum Gasteiger partial charge on any atom is 0.227 e. The second kappa shape index (κ2) is 4.15. The minimum absolute atomic E-state index is 0.613. The molecule has 0 atom stereocenters. The lowest BCUT2D eigenvalue weighted by Gasteiger charge is -2.01. The Balaban J connectivity index is 2.10. The molecule has 0 spiro atoms. The van der Waals surface area contributed by atoms with E-state index in [0.717, 1.165) is 10.6 Å². The zero-order valence-corrected chi connectivity index (χ0v) is 8.51. The van der Waals surface area contributed by atoms with Crippen molar-refractivity contribution >= 4 is 23.4 Å². The zero-order chi connectivity index (χ0) is 9.80. The molecule has 2 aromatic heterocycles. The summed E-state index contributed by atoms with van der Waals surface area (Å²) < 4.78 is 0. The molecule has 0 saturated carbocycles. The van der Waals surface area contributed by atoms with Gasteiger partial charge in [0.15, 0.2) is 0 Å². The number of hydrogen-bond donors (Lipinski definition) is 2. The molecule has 2 heterocycles. The molecule has 0 aromatic carbocycles. The van der Waals surface area contributed by atoms with Crippen molar-refractivity contribution in [1.29, 1.82) is 0 Å². The van der Waals surface area contributed by atoms with Gasteiger partial charge in [-0.2, -0.15) is 0 Å². The maximum atomic E-state index is 4.17. The SMILES string of the molecule is CSc1cnc(Nc2cc[nH]c2)nc1. The van der Waals surface area contributed by atoms with Gasteiger partial charge in [0.25, 0.3) is 0 Å². The molecule has 5 heteroatoms. The van der Waals surface area contributed by atoms with Crippen molar-refractivity contribution in [3.63, 3.8) is 0 Å². The molecule has 0 amide bonds. The Labute approximate surface area is 86.2 Å². The van der Waals surface area contributed by atoms with Gasteiger partial charge in [-0.25, -0.2) is 9.97 Å². The third-order valence-electron chi connectivity index (χ3n) is 1.72. The topological polar surface area (TPSA) is 53.6 Å². The van der Waals surface area contributed by atoms with Crippen LogP contribution in [0, 0.1) is 0 Å². The summed E-state index contributed by atoms with van der Waals surface area (Å²) in [7, 11) is 0. The molecule has 0 fully saturated rings. The highest BCUT2D eigenvalue weighted by molar-refractivity contribution is 7.98. The number of aromatic amines is 1. The van der Waals surface area contributed by atoms with Gasteiger partial charge in [-0.1, -0.05) is 0 Å². The Bertz CT molecular complexity index is 382. The summed E-state index contributed by atoms with van der Waals surface area (Å²) >= 11 is 1.63. The van der Waals surface area contributed by atoms with E-state index < -0.39 is 0 Å². The second-order valence-electron chi connectivity index (χ2n) is 2.67. The third kappa shape index (κ3) is 2.05. The summed E-state index contributed by atoms with van der Waals surface area (Å²) in [5.74, 6) is 0.613. The van der Waals surface area contributed by atoms with E-state index in [9.17, 15) is 0 Å². The van der Waals surface area contributed by atoms with E-state index in [2.05, 4.69) is 20.3 Å². The minimum atomic E-state index is 0.613. The van der Waals surface area contributed by atoms with Crippen LogP contribution in [0.2, 0.25) is 0 Å². The summed E-state index contributed by atoms with van der Waals surface area (Å²) in [5, 5.41) is 3.07. The Morgan fingerprint density at radius 3 is 2.71 bits per heavy atom. The molecule has 0 aliphatic heterocycles. The van der Waals surface area contributed by atoms with Gasteiger partial charge in [-0.3, -0.25) is 0 Å². The molecule has 0 aliphatic carbocycles. The Kier molecular flexibility index (Phi) is 2.69. The smallest absolute Gasteiger partial charge is 0.227 e. The molecule has 2 aromatic rings. The lowest BCUT2D eigenvalue weighted by molar-refractivity contribution is 1.10. The van der Waals surface area contributed by atoms with E-state index >= 15 is 0 Å². The van der Waals surface area contributed by atoms with Crippen molar-refractivity contribution < 1.29 is 0 Å². The van der Waals surface area contributed by atoms with Crippen LogP contribution in [-0.2, 0) is 0 Å². The number of thioether (sulfide) groups is 1. The van der Waals surface area contributed by atoms with E-state index in [-0.39, 0.29) is 0 Å². The molecule has 0 radical (unpaired) electrons. The van der Waals surface area contributed by atoms with Crippen molar-refractivity contribution in [3.05, 3.63) is 30.9 Å². The molecule has 0 bridgehead atoms. The molecular formula is C9H10N4S. The van der Waals surface area contributed by atoms with Gasteiger partial charge in [0.05, 0.1) is 5.69 Å². The first-order valence-corrected chi connectivity index (χ1v) is 5.37. The molecule has 0 aliphatic rings. The first-order chi connectivity index (χ1) is 6.88. The molecule has 2 N–H and O–H groups in total. The zero-order valence-electron chi connectivity index (χ0n) is 7.69. The summed E-state index contributed by atoms with van der Waals surface area (Å²) in [6, 6.07) is 1.92. The monoisotopic (exact) mass is 206 g/mol. The van der Waals surface area contributed by atoms with Gasteiger partial charge < -0.3 is 10.3 Å². The highest BCUT2D eigenvalue weighted by atomic mass is 32.2. The van der Waals surface area contributed by atoms with E-state index in [0.29, 0.717) is 5.95 Å². The van der Waals surface area contributed by atoms with Crippen molar-refractivity contribution in [1.82, 2.24) is 15.0 Å². The molecular weight excluding hydrogens is 196 g/mol. The molecule has 0 unspecified atom stereocenters. The van der Waals surface area contributed by atoms with Crippen LogP contribution in [0.5, 0.6) is 0 Å². The van der Waals surface area contributed by atoms with E-state index in [4.69, 9.17) is 0 Å². The van der Waals surface area contributed by atoms with Crippen LogP contribution < -0.4 is 5.32 Å². The first-order valence-electron chi connectivity index (χ1n) is 4.14. The predicted molar refractivity (Wildman–Crippen MR) is 57.9 cm³/mol. The van der Waals surface area contributed by atoms with Crippen LogP contribution in [0.4, 0.5) is 11.6 Å². The average Bonchev–Trinajstić information content (AvgIpc) is 2.72. The van der Waals surface area contributed by atoms with Gasteiger partial charge >= 0.3 is 0 Å². The van der Waals surface area contributed by atoms with Gasteiger partial charge in [0.1, 0.15) is 0 Å². The summed E-state index contributed by atoms with van der Waals surface area (Å²) in [4.78, 5) is 12.3. The van der Waals surface area contributed by atoms with Gasteiger partial charge in [0.2, 0.25) is 5.95 Å². The summed E-state index contributed by atoms with van der Waals surface area (Å²) in [5.41, 5.74) is 0.960. The molecule has 4 nitrogen and oxygen atoms in total. The van der Waals surface area contributed by atoms with E-state index in [1.165, 1.54) is 0 Å².